The van der Waals surface area contributed by atoms with Crippen LogP contribution in [0.4, 0.5) is 0 Å². The van der Waals surface area contributed by atoms with Crippen LogP contribution in [0.15, 0.2) is 66.7 Å². The van der Waals surface area contributed by atoms with Gasteiger partial charge in [-0.25, -0.2) is 4.98 Å². The van der Waals surface area contributed by atoms with E-state index in [4.69, 9.17) is 14.5 Å². The van der Waals surface area contributed by atoms with Crippen LogP contribution >= 0.6 is 0 Å². The van der Waals surface area contributed by atoms with Crippen molar-refractivity contribution in [2.24, 2.45) is 0 Å². The lowest BCUT2D eigenvalue weighted by Gasteiger charge is -2.21. The summed E-state index contributed by atoms with van der Waals surface area (Å²) in [5.41, 5.74) is 4.21. The average Bonchev–Trinajstić information content (AvgIpc) is 3.14. The first-order valence-corrected chi connectivity index (χ1v) is 9.01. The van der Waals surface area contributed by atoms with Crippen LogP contribution in [0.2, 0.25) is 0 Å². The molecule has 132 valence electrons. The monoisotopic (exact) mass is 346 g/mol. The molecule has 0 saturated carbocycles. The molecule has 2 aromatic carbocycles. The van der Waals surface area contributed by atoms with Crippen molar-refractivity contribution < 1.29 is 9.47 Å². The van der Waals surface area contributed by atoms with Gasteiger partial charge in [-0.2, -0.15) is 0 Å². The summed E-state index contributed by atoms with van der Waals surface area (Å²) in [6, 6.07) is 20.5. The first-order chi connectivity index (χ1) is 12.9. The highest BCUT2D eigenvalue weighted by atomic mass is 16.7. The molecule has 4 rings (SSSR count). The first kappa shape index (κ1) is 16.8. The molecule has 0 radical (unpaired) electrons. The molecular weight excluding hydrogens is 324 g/mol. The molecule has 0 amide bonds. The molecule has 1 aromatic heterocycles. The predicted octanol–water partition coefficient (Wildman–Crippen LogP) is 4.91. The van der Waals surface area contributed by atoms with Gasteiger partial charge < -0.3 is 14.5 Å². The van der Waals surface area contributed by atoms with E-state index >= 15 is 0 Å². The maximum atomic E-state index is 5.58. The maximum absolute atomic E-state index is 5.58. The Morgan fingerprint density at radius 3 is 2.27 bits per heavy atom. The van der Waals surface area contributed by atoms with Crippen LogP contribution in [-0.4, -0.2) is 29.5 Å². The zero-order valence-corrected chi connectivity index (χ0v) is 14.6. The Bertz CT molecular complexity index is 793. The molecule has 1 aliphatic heterocycles. The van der Waals surface area contributed by atoms with E-state index in [9.17, 15) is 0 Å². The zero-order chi connectivity index (χ0) is 17.6. The van der Waals surface area contributed by atoms with E-state index in [1.54, 1.807) is 0 Å². The zero-order valence-electron chi connectivity index (χ0n) is 14.6. The highest BCUT2D eigenvalue weighted by Gasteiger charge is 2.14. The van der Waals surface area contributed by atoms with Gasteiger partial charge in [-0.1, -0.05) is 66.7 Å². The van der Waals surface area contributed by atoms with Crippen molar-refractivity contribution in [2.75, 3.05) is 13.2 Å². The topological polar surface area (TPSA) is 47.1 Å². The summed E-state index contributed by atoms with van der Waals surface area (Å²) in [5.74, 6) is 0.832. The van der Waals surface area contributed by atoms with Crippen LogP contribution < -0.4 is 0 Å². The fourth-order valence-corrected chi connectivity index (χ4v) is 3.05. The Morgan fingerprint density at radius 1 is 0.923 bits per heavy atom. The summed E-state index contributed by atoms with van der Waals surface area (Å²) in [5, 5.41) is 0. The second-order valence-electron chi connectivity index (χ2n) is 6.24. The van der Waals surface area contributed by atoms with Gasteiger partial charge in [0, 0.05) is 17.5 Å². The Hall–Kier alpha value is -2.69. The van der Waals surface area contributed by atoms with Crippen LogP contribution in [0.5, 0.6) is 0 Å². The molecule has 0 bridgehead atoms. The normalized spacial score (nSPS) is 15.5. The van der Waals surface area contributed by atoms with Gasteiger partial charge in [0.1, 0.15) is 5.82 Å². The van der Waals surface area contributed by atoms with Crippen molar-refractivity contribution in [1.29, 1.82) is 0 Å². The molecule has 0 unspecified atom stereocenters. The molecule has 0 spiro atoms. The standard InChI is InChI=1S/C22H22N2O2/c1-3-9-17(10-4-1)21-22(18-11-5-2-6-12-18)24-19(23-21)13-7-14-20-25-15-8-16-26-20/h1-7,9-13,20H,8,14-16H2,(H,23,24)/b13-7+. The van der Waals surface area contributed by atoms with E-state index in [0.717, 1.165) is 54.4 Å². The third-order valence-electron chi connectivity index (χ3n) is 4.33. The lowest BCUT2D eigenvalue weighted by atomic mass is 10.1. The number of nitrogens with one attached hydrogen (secondary N) is 1. The van der Waals surface area contributed by atoms with E-state index in [1.807, 2.05) is 42.5 Å². The Morgan fingerprint density at radius 2 is 1.58 bits per heavy atom. The van der Waals surface area contributed by atoms with Gasteiger partial charge >= 0.3 is 0 Å². The van der Waals surface area contributed by atoms with Crippen molar-refractivity contribution in [1.82, 2.24) is 9.97 Å². The fourth-order valence-electron chi connectivity index (χ4n) is 3.05. The van der Waals surface area contributed by atoms with E-state index in [1.165, 1.54) is 0 Å². The van der Waals surface area contributed by atoms with Gasteiger partial charge in [0.25, 0.3) is 0 Å². The van der Waals surface area contributed by atoms with Crippen molar-refractivity contribution in [3.8, 4) is 22.5 Å². The number of H-pyrrole nitrogens is 1. The molecule has 4 nitrogen and oxygen atoms in total. The quantitative estimate of drug-likeness (QED) is 0.714. The maximum Gasteiger partial charge on any atom is 0.160 e. The number of ether oxygens (including phenoxy) is 2. The molecule has 2 heterocycles. The summed E-state index contributed by atoms with van der Waals surface area (Å²) in [4.78, 5) is 8.27. The molecule has 3 aromatic rings. The van der Waals surface area contributed by atoms with Crippen molar-refractivity contribution in [2.45, 2.75) is 19.1 Å². The fraction of sp³-hybridized carbons (Fsp3) is 0.227. The lowest BCUT2D eigenvalue weighted by Crippen LogP contribution is -2.23. The molecule has 0 aliphatic carbocycles. The average molecular weight is 346 g/mol. The van der Waals surface area contributed by atoms with E-state index in [0.29, 0.717) is 0 Å². The van der Waals surface area contributed by atoms with Gasteiger partial charge in [0.2, 0.25) is 0 Å². The van der Waals surface area contributed by atoms with Crippen LogP contribution in [0, 0.1) is 0 Å². The summed E-state index contributed by atoms with van der Waals surface area (Å²) in [6.07, 6.45) is 5.61. The summed E-state index contributed by atoms with van der Waals surface area (Å²) in [6.45, 7) is 1.55. The minimum Gasteiger partial charge on any atom is -0.352 e. The van der Waals surface area contributed by atoms with Crippen molar-refractivity contribution in [3.05, 3.63) is 72.6 Å². The summed E-state index contributed by atoms with van der Waals surface area (Å²) < 4.78 is 11.2. The van der Waals surface area contributed by atoms with Gasteiger partial charge in [-0.05, 0) is 12.5 Å². The number of hydrogen-bond donors (Lipinski definition) is 1. The van der Waals surface area contributed by atoms with E-state index in [2.05, 4.69) is 35.3 Å². The molecule has 1 saturated heterocycles. The molecule has 1 fully saturated rings. The summed E-state index contributed by atoms with van der Waals surface area (Å²) in [7, 11) is 0. The smallest absolute Gasteiger partial charge is 0.160 e. The second-order valence-corrected chi connectivity index (χ2v) is 6.24. The highest BCUT2D eigenvalue weighted by Crippen LogP contribution is 2.30. The lowest BCUT2D eigenvalue weighted by molar-refractivity contribution is -0.175. The number of rotatable bonds is 5. The predicted molar refractivity (Wildman–Crippen MR) is 103 cm³/mol. The number of aromatic nitrogens is 2. The number of hydrogen-bond acceptors (Lipinski definition) is 3. The Balaban J connectivity index is 1.61. The Labute approximate surface area is 153 Å². The minimum atomic E-state index is -0.142. The number of aromatic amines is 1. The van der Waals surface area contributed by atoms with Crippen LogP contribution in [0.25, 0.3) is 28.6 Å². The van der Waals surface area contributed by atoms with Crippen LogP contribution in [-0.2, 0) is 9.47 Å². The molecule has 26 heavy (non-hydrogen) atoms. The first-order valence-electron chi connectivity index (χ1n) is 9.01. The Kier molecular flexibility index (Phi) is 5.24. The van der Waals surface area contributed by atoms with Crippen molar-refractivity contribution >= 4 is 6.08 Å². The van der Waals surface area contributed by atoms with E-state index < -0.39 is 0 Å². The SMILES string of the molecule is C(=C\c1nc(-c2ccccc2)c(-c2ccccc2)[nH]1)/CC1OCCCO1. The summed E-state index contributed by atoms with van der Waals surface area (Å²) >= 11 is 0. The van der Waals surface area contributed by atoms with Gasteiger partial charge in [-0.3, -0.25) is 0 Å². The van der Waals surface area contributed by atoms with Crippen LogP contribution in [0.1, 0.15) is 18.7 Å². The number of benzene rings is 2. The van der Waals surface area contributed by atoms with Gasteiger partial charge in [-0.15, -0.1) is 0 Å². The van der Waals surface area contributed by atoms with Crippen molar-refractivity contribution in [3.63, 3.8) is 0 Å². The van der Waals surface area contributed by atoms with Gasteiger partial charge in [0.15, 0.2) is 6.29 Å². The largest absolute Gasteiger partial charge is 0.352 e. The molecule has 1 N–H and O–H groups in total. The molecule has 0 atom stereocenters. The minimum absolute atomic E-state index is 0.142. The van der Waals surface area contributed by atoms with E-state index in [-0.39, 0.29) is 6.29 Å². The second kappa shape index (κ2) is 8.13. The highest BCUT2D eigenvalue weighted by molar-refractivity contribution is 5.79. The molecule has 4 heteroatoms. The third-order valence-corrected chi connectivity index (χ3v) is 4.33. The molecule has 1 aliphatic rings. The van der Waals surface area contributed by atoms with Crippen LogP contribution in [0.3, 0.4) is 0 Å². The molecular formula is C22H22N2O2. The number of nitrogens with zero attached hydrogens (tertiary/aromatic N) is 1. The van der Waals surface area contributed by atoms with Gasteiger partial charge in [0.05, 0.1) is 24.6 Å². The number of imidazole rings is 1. The third kappa shape index (κ3) is 3.93.